The van der Waals surface area contributed by atoms with E-state index in [1.165, 1.54) is 24.3 Å². The lowest BCUT2D eigenvalue weighted by atomic mass is 9.78. The minimum absolute atomic E-state index is 0.0721. The molecule has 19 heavy (non-hydrogen) atoms. The van der Waals surface area contributed by atoms with Gasteiger partial charge in [0.25, 0.3) is 0 Å². The second-order valence-electron chi connectivity index (χ2n) is 5.56. The average molecular weight is 318 g/mol. The molecule has 3 rings (SSSR count). The molecule has 1 aromatic heterocycles. The molecule has 0 bridgehead atoms. The first kappa shape index (κ1) is 14.2. The normalized spacial score (nSPS) is 28.4. The lowest BCUT2D eigenvalue weighted by molar-refractivity contribution is -0.105. The summed E-state index contributed by atoms with van der Waals surface area (Å²) in [6.07, 6.45) is 4.52. The summed E-state index contributed by atoms with van der Waals surface area (Å²) in [5.74, 6) is 2.96. The molecule has 0 amide bonds. The Kier molecular flexibility index (Phi) is 4.44. The van der Waals surface area contributed by atoms with Crippen molar-refractivity contribution in [1.82, 2.24) is 0 Å². The molecule has 1 aromatic rings. The molecule has 2 fully saturated rings. The number of hydrogen-bond donors (Lipinski definition) is 1. The molecule has 2 nitrogen and oxygen atoms in total. The van der Waals surface area contributed by atoms with Crippen LogP contribution in [0.1, 0.15) is 36.6 Å². The van der Waals surface area contributed by atoms with E-state index >= 15 is 0 Å². The van der Waals surface area contributed by atoms with Gasteiger partial charge in [0.05, 0.1) is 10.6 Å². The van der Waals surface area contributed by atoms with Crippen molar-refractivity contribution in [2.24, 2.45) is 11.7 Å². The highest BCUT2D eigenvalue weighted by Gasteiger charge is 2.41. The van der Waals surface area contributed by atoms with Gasteiger partial charge < -0.3 is 10.5 Å². The minimum Gasteiger partial charge on any atom is -0.375 e. The fourth-order valence-electron chi connectivity index (χ4n) is 3.22. The van der Waals surface area contributed by atoms with Crippen LogP contribution >= 0.6 is 34.7 Å². The lowest BCUT2D eigenvalue weighted by Gasteiger charge is -2.44. The van der Waals surface area contributed by atoms with Crippen molar-refractivity contribution < 1.29 is 4.74 Å². The molecule has 2 saturated heterocycles. The number of thiophene rings is 1. The number of ether oxygens (including phenoxy) is 1. The third-order valence-electron chi connectivity index (χ3n) is 4.39. The van der Waals surface area contributed by atoms with Crippen LogP contribution in [0.25, 0.3) is 0 Å². The third-order valence-corrected chi connectivity index (χ3v) is 6.84. The minimum atomic E-state index is 0.0721. The summed E-state index contributed by atoms with van der Waals surface area (Å²) in [5.41, 5.74) is 6.58. The van der Waals surface area contributed by atoms with Gasteiger partial charge in [-0.25, -0.2) is 0 Å². The number of rotatable bonds is 2. The zero-order valence-corrected chi connectivity index (χ0v) is 13.3. The molecule has 0 aliphatic carbocycles. The Hall–Kier alpha value is 0.260. The quantitative estimate of drug-likeness (QED) is 0.892. The second-order valence-corrected chi connectivity index (χ2v) is 8.13. The molecule has 1 spiro atoms. The topological polar surface area (TPSA) is 35.2 Å². The molecule has 106 valence electrons. The summed E-state index contributed by atoms with van der Waals surface area (Å²) >= 11 is 9.95. The summed E-state index contributed by atoms with van der Waals surface area (Å²) in [6, 6.07) is 2.02. The van der Waals surface area contributed by atoms with E-state index in [0.717, 1.165) is 29.3 Å². The Morgan fingerprint density at radius 3 is 2.89 bits per heavy atom. The van der Waals surface area contributed by atoms with Crippen LogP contribution in [-0.4, -0.2) is 23.7 Å². The number of thioether (sulfide) groups is 1. The van der Waals surface area contributed by atoms with E-state index in [9.17, 15) is 0 Å². The largest absolute Gasteiger partial charge is 0.375 e. The van der Waals surface area contributed by atoms with E-state index in [4.69, 9.17) is 22.1 Å². The Labute approximate surface area is 128 Å². The van der Waals surface area contributed by atoms with Gasteiger partial charge in [-0.15, -0.1) is 11.3 Å². The molecule has 2 unspecified atom stereocenters. The second kappa shape index (κ2) is 5.94. The summed E-state index contributed by atoms with van der Waals surface area (Å²) in [5, 5.41) is 2.86. The first-order chi connectivity index (χ1) is 9.20. The highest BCUT2D eigenvalue weighted by molar-refractivity contribution is 7.99. The molecule has 2 aliphatic rings. The van der Waals surface area contributed by atoms with Gasteiger partial charge >= 0.3 is 0 Å². The molecule has 2 aliphatic heterocycles. The predicted molar refractivity (Wildman–Crippen MR) is 84.2 cm³/mol. The monoisotopic (exact) mass is 317 g/mol. The highest BCUT2D eigenvalue weighted by atomic mass is 35.5. The maximum atomic E-state index is 6.47. The van der Waals surface area contributed by atoms with E-state index in [1.807, 2.05) is 23.2 Å². The standard InChI is InChI=1S/C14H20ClNOS2/c15-11-2-6-19-13(11)12(16)10-1-5-17-14(9-10)3-7-18-8-4-14/h2,6,10,12H,1,3-5,7-9,16H2. The van der Waals surface area contributed by atoms with Crippen LogP contribution in [0.2, 0.25) is 5.02 Å². The van der Waals surface area contributed by atoms with Gasteiger partial charge in [-0.1, -0.05) is 11.6 Å². The predicted octanol–water partition coefficient (Wildman–Crippen LogP) is 4.09. The van der Waals surface area contributed by atoms with Gasteiger partial charge in [0.2, 0.25) is 0 Å². The van der Waals surface area contributed by atoms with Gasteiger partial charge in [-0.3, -0.25) is 0 Å². The van der Waals surface area contributed by atoms with Crippen LogP contribution < -0.4 is 5.73 Å². The molecular formula is C14H20ClNOS2. The van der Waals surface area contributed by atoms with Gasteiger partial charge in [0.15, 0.2) is 0 Å². The van der Waals surface area contributed by atoms with E-state index in [-0.39, 0.29) is 11.6 Å². The van der Waals surface area contributed by atoms with Gasteiger partial charge in [0.1, 0.15) is 0 Å². The van der Waals surface area contributed by atoms with Crippen LogP contribution in [0.5, 0.6) is 0 Å². The SMILES string of the molecule is NC(c1sccc1Cl)C1CCOC2(CCSCC2)C1. The fourth-order valence-corrected chi connectivity index (χ4v) is 5.74. The summed E-state index contributed by atoms with van der Waals surface area (Å²) in [4.78, 5) is 1.15. The van der Waals surface area contributed by atoms with Crippen LogP contribution in [0, 0.1) is 5.92 Å². The van der Waals surface area contributed by atoms with Crippen LogP contribution in [0.3, 0.4) is 0 Å². The molecule has 0 saturated carbocycles. The molecule has 2 atom stereocenters. The summed E-state index contributed by atoms with van der Waals surface area (Å²) < 4.78 is 6.14. The Balaban J connectivity index is 1.72. The molecular weight excluding hydrogens is 298 g/mol. The first-order valence-corrected chi connectivity index (χ1v) is 9.32. The number of nitrogens with two attached hydrogens (primary N) is 1. The molecule has 0 aromatic carbocycles. The van der Waals surface area contributed by atoms with Crippen LogP contribution in [0.4, 0.5) is 0 Å². The highest BCUT2D eigenvalue weighted by Crippen LogP contribution is 2.44. The maximum absolute atomic E-state index is 6.47. The van der Waals surface area contributed by atoms with Crippen molar-refractivity contribution >= 4 is 34.7 Å². The van der Waals surface area contributed by atoms with Crippen LogP contribution in [0.15, 0.2) is 11.4 Å². The number of halogens is 1. The van der Waals surface area contributed by atoms with Gasteiger partial charge in [-0.05, 0) is 54.6 Å². The molecule has 3 heterocycles. The zero-order chi connectivity index (χ0) is 13.3. The Morgan fingerprint density at radius 2 is 2.21 bits per heavy atom. The van der Waals surface area contributed by atoms with E-state index in [0.29, 0.717) is 5.92 Å². The average Bonchev–Trinajstić information content (AvgIpc) is 2.85. The van der Waals surface area contributed by atoms with Crippen molar-refractivity contribution in [3.8, 4) is 0 Å². The van der Waals surface area contributed by atoms with Gasteiger partial charge in [-0.2, -0.15) is 11.8 Å². The zero-order valence-electron chi connectivity index (χ0n) is 10.9. The van der Waals surface area contributed by atoms with E-state index in [2.05, 4.69) is 0 Å². The summed E-state index contributed by atoms with van der Waals surface area (Å²) in [6.45, 7) is 0.853. The van der Waals surface area contributed by atoms with Crippen molar-refractivity contribution in [1.29, 1.82) is 0 Å². The van der Waals surface area contributed by atoms with Crippen molar-refractivity contribution in [3.05, 3.63) is 21.3 Å². The van der Waals surface area contributed by atoms with E-state index < -0.39 is 0 Å². The molecule has 5 heteroatoms. The third kappa shape index (κ3) is 2.98. The first-order valence-electron chi connectivity index (χ1n) is 6.90. The van der Waals surface area contributed by atoms with E-state index in [1.54, 1.807) is 11.3 Å². The van der Waals surface area contributed by atoms with Crippen molar-refractivity contribution in [2.75, 3.05) is 18.1 Å². The van der Waals surface area contributed by atoms with Crippen LogP contribution in [-0.2, 0) is 4.74 Å². The summed E-state index contributed by atoms with van der Waals surface area (Å²) in [7, 11) is 0. The van der Waals surface area contributed by atoms with Gasteiger partial charge in [0, 0.05) is 17.5 Å². The Bertz CT molecular complexity index is 425. The lowest BCUT2D eigenvalue weighted by Crippen LogP contribution is -2.45. The maximum Gasteiger partial charge on any atom is 0.0701 e. The van der Waals surface area contributed by atoms with Crippen molar-refractivity contribution in [2.45, 2.75) is 37.3 Å². The molecule has 0 radical (unpaired) electrons. The smallest absolute Gasteiger partial charge is 0.0701 e. The fraction of sp³-hybridized carbons (Fsp3) is 0.714. The Morgan fingerprint density at radius 1 is 1.42 bits per heavy atom. The number of hydrogen-bond acceptors (Lipinski definition) is 4. The van der Waals surface area contributed by atoms with Crippen molar-refractivity contribution in [3.63, 3.8) is 0 Å². The molecule has 2 N–H and O–H groups in total.